The van der Waals surface area contributed by atoms with Gasteiger partial charge in [0.25, 0.3) is 10.0 Å². The Morgan fingerprint density at radius 2 is 2.47 bits per heavy atom. The number of morpholine rings is 1. The average Bonchev–Trinajstić information content (AvgIpc) is 2.83. The Morgan fingerprint density at radius 1 is 1.71 bits per heavy atom. The molecular formula is C9H14ClN3O3S. The van der Waals surface area contributed by atoms with Crippen molar-refractivity contribution in [3.8, 4) is 0 Å². The lowest BCUT2D eigenvalue weighted by Gasteiger charge is -2.35. The summed E-state index contributed by atoms with van der Waals surface area (Å²) in [4.78, 5) is 0. The zero-order chi connectivity index (χ0) is 12.5. The SMILES string of the molecule is CC1COC(CCl)CN1S(=O)(=O)c1ccn[nH]1. The Bertz CT molecular complexity index is 462. The number of nitrogens with zero attached hydrogens (tertiary/aromatic N) is 2. The second kappa shape index (κ2) is 4.93. The van der Waals surface area contributed by atoms with E-state index in [0.717, 1.165) is 0 Å². The van der Waals surface area contributed by atoms with Crippen LogP contribution in [0.5, 0.6) is 0 Å². The Balaban J connectivity index is 2.26. The molecule has 0 saturated carbocycles. The van der Waals surface area contributed by atoms with Crippen LogP contribution in [0.1, 0.15) is 6.92 Å². The van der Waals surface area contributed by atoms with Gasteiger partial charge in [0, 0.05) is 18.5 Å². The van der Waals surface area contributed by atoms with Crippen LogP contribution in [0, 0.1) is 0 Å². The molecule has 6 nitrogen and oxygen atoms in total. The zero-order valence-electron chi connectivity index (χ0n) is 9.34. The molecule has 96 valence electrons. The minimum absolute atomic E-state index is 0.0968. The molecule has 0 bridgehead atoms. The van der Waals surface area contributed by atoms with E-state index in [-0.39, 0.29) is 29.6 Å². The minimum Gasteiger partial charge on any atom is -0.374 e. The van der Waals surface area contributed by atoms with Gasteiger partial charge in [-0.3, -0.25) is 5.10 Å². The number of alkyl halides is 1. The molecular weight excluding hydrogens is 266 g/mol. The number of aromatic amines is 1. The maximum absolute atomic E-state index is 12.3. The van der Waals surface area contributed by atoms with E-state index in [1.807, 2.05) is 0 Å². The molecule has 2 heterocycles. The largest absolute Gasteiger partial charge is 0.374 e. The molecule has 8 heteroatoms. The maximum atomic E-state index is 12.3. The summed E-state index contributed by atoms with van der Waals surface area (Å²) in [5.74, 6) is 0.279. The van der Waals surface area contributed by atoms with Crippen LogP contribution in [0.4, 0.5) is 0 Å². The van der Waals surface area contributed by atoms with E-state index in [9.17, 15) is 8.42 Å². The van der Waals surface area contributed by atoms with E-state index in [4.69, 9.17) is 16.3 Å². The van der Waals surface area contributed by atoms with Crippen molar-refractivity contribution in [2.75, 3.05) is 19.0 Å². The molecule has 17 heavy (non-hydrogen) atoms. The van der Waals surface area contributed by atoms with Crippen LogP contribution < -0.4 is 0 Å². The van der Waals surface area contributed by atoms with E-state index >= 15 is 0 Å². The summed E-state index contributed by atoms with van der Waals surface area (Å²) in [5.41, 5.74) is 0. The molecule has 0 amide bonds. The van der Waals surface area contributed by atoms with Crippen LogP contribution in [0.3, 0.4) is 0 Å². The molecule has 2 unspecified atom stereocenters. The van der Waals surface area contributed by atoms with Gasteiger partial charge in [0.15, 0.2) is 5.03 Å². The summed E-state index contributed by atoms with van der Waals surface area (Å²) in [5, 5.41) is 6.23. The van der Waals surface area contributed by atoms with Crippen molar-refractivity contribution in [2.45, 2.75) is 24.1 Å². The third kappa shape index (κ3) is 2.47. The van der Waals surface area contributed by atoms with Crippen LogP contribution in [-0.4, -0.2) is 54.1 Å². The topological polar surface area (TPSA) is 75.3 Å². The number of hydrogen-bond donors (Lipinski definition) is 1. The van der Waals surface area contributed by atoms with E-state index < -0.39 is 10.0 Å². The van der Waals surface area contributed by atoms with E-state index in [2.05, 4.69) is 10.2 Å². The van der Waals surface area contributed by atoms with Crippen LogP contribution in [-0.2, 0) is 14.8 Å². The van der Waals surface area contributed by atoms with Crippen LogP contribution >= 0.6 is 11.6 Å². The molecule has 0 aromatic carbocycles. The highest BCUT2D eigenvalue weighted by molar-refractivity contribution is 7.89. The summed E-state index contributed by atoms with van der Waals surface area (Å²) in [6, 6.07) is 1.23. The monoisotopic (exact) mass is 279 g/mol. The van der Waals surface area contributed by atoms with Crippen LogP contribution in [0.25, 0.3) is 0 Å². The Labute approximate surface area is 105 Å². The van der Waals surface area contributed by atoms with Crippen molar-refractivity contribution in [2.24, 2.45) is 0 Å². The van der Waals surface area contributed by atoms with Crippen molar-refractivity contribution in [3.05, 3.63) is 12.3 Å². The fourth-order valence-corrected chi connectivity index (χ4v) is 3.47. The standard InChI is InChI=1S/C9H14ClN3O3S/c1-7-6-16-8(4-10)5-13(7)17(14,15)9-2-3-11-12-9/h2-3,7-8H,4-6H2,1H3,(H,11,12). The number of halogens is 1. The summed E-state index contributed by atoms with van der Waals surface area (Å²) in [7, 11) is -3.53. The van der Waals surface area contributed by atoms with Crippen LogP contribution in [0.15, 0.2) is 17.3 Å². The first kappa shape index (κ1) is 12.8. The number of aromatic nitrogens is 2. The summed E-state index contributed by atoms with van der Waals surface area (Å²) in [6.07, 6.45) is 1.15. The smallest absolute Gasteiger partial charge is 0.260 e. The van der Waals surface area contributed by atoms with Gasteiger partial charge >= 0.3 is 0 Å². The van der Waals surface area contributed by atoms with Crippen molar-refractivity contribution < 1.29 is 13.2 Å². The molecule has 1 aromatic heterocycles. The van der Waals surface area contributed by atoms with Gasteiger partial charge in [0.05, 0.1) is 18.9 Å². The van der Waals surface area contributed by atoms with Gasteiger partial charge in [0.2, 0.25) is 0 Å². The van der Waals surface area contributed by atoms with E-state index in [1.165, 1.54) is 16.6 Å². The predicted molar refractivity (Wildman–Crippen MR) is 62.4 cm³/mol. The maximum Gasteiger partial charge on any atom is 0.260 e. The number of sulfonamides is 1. The molecule has 2 atom stereocenters. The molecule has 1 aliphatic rings. The molecule has 0 spiro atoms. The first-order valence-electron chi connectivity index (χ1n) is 5.24. The molecule has 1 saturated heterocycles. The van der Waals surface area contributed by atoms with Crippen molar-refractivity contribution in [1.29, 1.82) is 0 Å². The molecule has 0 radical (unpaired) electrons. The predicted octanol–water partition coefficient (Wildman–Crippen LogP) is 0.426. The first-order valence-corrected chi connectivity index (χ1v) is 7.22. The van der Waals surface area contributed by atoms with Crippen LogP contribution in [0.2, 0.25) is 0 Å². The number of H-pyrrole nitrogens is 1. The number of rotatable bonds is 3. The van der Waals surface area contributed by atoms with Gasteiger partial charge in [-0.25, -0.2) is 8.42 Å². The highest BCUT2D eigenvalue weighted by atomic mass is 35.5. The van der Waals surface area contributed by atoms with E-state index in [0.29, 0.717) is 6.61 Å². The Kier molecular flexibility index (Phi) is 3.72. The molecule has 0 aliphatic carbocycles. The number of nitrogens with one attached hydrogen (secondary N) is 1. The van der Waals surface area contributed by atoms with Gasteiger partial charge in [-0.15, -0.1) is 11.6 Å². The van der Waals surface area contributed by atoms with Gasteiger partial charge in [-0.2, -0.15) is 9.40 Å². The second-order valence-corrected chi connectivity index (χ2v) is 6.12. The van der Waals surface area contributed by atoms with Gasteiger partial charge in [0.1, 0.15) is 0 Å². The summed E-state index contributed by atoms with van der Waals surface area (Å²) < 4.78 is 31.4. The Morgan fingerprint density at radius 3 is 3.06 bits per heavy atom. The summed E-state index contributed by atoms with van der Waals surface area (Å²) >= 11 is 5.70. The first-order chi connectivity index (χ1) is 8.05. The molecule has 1 aromatic rings. The quantitative estimate of drug-likeness (QED) is 0.814. The fraction of sp³-hybridized carbons (Fsp3) is 0.667. The average molecular weight is 280 g/mol. The van der Waals surface area contributed by atoms with Gasteiger partial charge < -0.3 is 4.74 Å². The van der Waals surface area contributed by atoms with Crippen molar-refractivity contribution >= 4 is 21.6 Å². The van der Waals surface area contributed by atoms with E-state index in [1.54, 1.807) is 6.92 Å². The second-order valence-electron chi connectivity index (χ2n) is 3.95. The molecule has 2 rings (SSSR count). The van der Waals surface area contributed by atoms with Gasteiger partial charge in [-0.05, 0) is 13.0 Å². The normalized spacial score (nSPS) is 27.2. The lowest BCUT2D eigenvalue weighted by molar-refractivity contribution is -0.0153. The number of ether oxygens (including phenoxy) is 1. The highest BCUT2D eigenvalue weighted by Crippen LogP contribution is 2.21. The lowest BCUT2D eigenvalue weighted by Crippen LogP contribution is -2.51. The highest BCUT2D eigenvalue weighted by Gasteiger charge is 2.35. The third-order valence-electron chi connectivity index (χ3n) is 2.68. The molecule has 1 fully saturated rings. The van der Waals surface area contributed by atoms with Crippen molar-refractivity contribution in [1.82, 2.24) is 14.5 Å². The lowest BCUT2D eigenvalue weighted by atomic mass is 10.2. The van der Waals surface area contributed by atoms with Crippen molar-refractivity contribution in [3.63, 3.8) is 0 Å². The zero-order valence-corrected chi connectivity index (χ0v) is 10.9. The fourth-order valence-electron chi connectivity index (χ4n) is 1.73. The molecule has 1 aliphatic heterocycles. The van der Waals surface area contributed by atoms with Gasteiger partial charge in [-0.1, -0.05) is 0 Å². The Hall–Kier alpha value is -0.630. The minimum atomic E-state index is -3.53. The summed E-state index contributed by atoms with van der Waals surface area (Å²) in [6.45, 7) is 2.43. The molecule has 1 N–H and O–H groups in total. The number of hydrogen-bond acceptors (Lipinski definition) is 4. The third-order valence-corrected chi connectivity index (χ3v) is 4.94.